The lowest BCUT2D eigenvalue weighted by atomic mass is 9.61. The summed E-state index contributed by atoms with van der Waals surface area (Å²) in [4.78, 5) is 27.5. The second-order valence-electron chi connectivity index (χ2n) is 10.0. The third-order valence-electron chi connectivity index (χ3n) is 8.01. The molecular weight excluding hydrogens is 456 g/mol. The number of aliphatic hydroxyl groups is 1. The van der Waals surface area contributed by atoms with Crippen molar-refractivity contribution in [1.29, 1.82) is 0 Å². The molecule has 182 valence electrons. The number of amides is 1. The van der Waals surface area contributed by atoms with E-state index in [4.69, 9.17) is 5.11 Å². The number of carbonyl (C=O) groups excluding carboxylic acids is 1. The topological polar surface area (TPSA) is 99.5 Å². The first kappa shape index (κ1) is 24.7. The molecule has 2 heterocycles. The highest BCUT2D eigenvalue weighted by atomic mass is 32.2. The van der Waals surface area contributed by atoms with Crippen molar-refractivity contribution in [3.63, 3.8) is 0 Å². The Morgan fingerprint density at radius 1 is 1.27 bits per heavy atom. The standard InChI is InChI=1S/C25H36N2O4S2/c28-21(25(11-4-12-25)13-9-17-5-2-1-3-6-17)8-7-18-15-26-22(29)19(18)10-14-32-24-27-20(16-33-24)23(30)31/h7-8,16-19,21,28H,1-6,9-15H2,(H,26,29)(H,30,31)/b8-7+/t18-,19+,21-/m1/s1. The Hall–Kier alpha value is -1.38. The summed E-state index contributed by atoms with van der Waals surface area (Å²) in [6, 6.07) is 0. The minimum atomic E-state index is -1.01. The molecule has 0 aromatic carbocycles. The zero-order valence-corrected chi connectivity index (χ0v) is 20.8. The minimum Gasteiger partial charge on any atom is -0.476 e. The van der Waals surface area contributed by atoms with Gasteiger partial charge in [-0.2, -0.15) is 0 Å². The van der Waals surface area contributed by atoms with Gasteiger partial charge in [0.15, 0.2) is 10.0 Å². The van der Waals surface area contributed by atoms with Crippen LogP contribution < -0.4 is 5.32 Å². The smallest absolute Gasteiger partial charge is 0.355 e. The fraction of sp³-hybridized carbons (Fsp3) is 0.720. The maximum Gasteiger partial charge on any atom is 0.355 e. The van der Waals surface area contributed by atoms with E-state index in [1.54, 1.807) is 5.38 Å². The van der Waals surface area contributed by atoms with Crippen molar-refractivity contribution >= 4 is 35.0 Å². The summed E-state index contributed by atoms with van der Waals surface area (Å²) in [6.07, 6.45) is 17.0. The maximum atomic E-state index is 12.4. The van der Waals surface area contributed by atoms with E-state index in [0.29, 0.717) is 18.7 Å². The van der Waals surface area contributed by atoms with Crippen LogP contribution in [0.5, 0.6) is 0 Å². The highest BCUT2D eigenvalue weighted by Gasteiger charge is 2.42. The number of carbonyl (C=O) groups is 2. The summed E-state index contributed by atoms with van der Waals surface area (Å²) >= 11 is 2.83. The Kier molecular flexibility index (Phi) is 8.52. The van der Waals surface area contributed by atoms with Gasteiger partial charge in [-0.25, -0.2) is 9.78 Å². The number of hydrogen-bond donors (Lipinski definition) is 3. The number of aliphatic hydroxyl groups excluding tert-OH is 1. The molecule has 0 radical (unpaired) electrons. The molecule has 1 amide bonds. The molecule has 6 nitrogen and oxygen atoms in total. The van der Waals surface area contributed by atoms with E-state index in [1.807, 2.05) is 6.08 Å². The summed E-state index contributed by atoms with van der Waals surface area (Å²) in [6.45, 7) is 0.618. The summed E-state index contributed by atoms with van der Waals surface area (Å²) in [7, 11) is 0. The number of hydrogen-bond acceptors (Lipinski definition) is 6. The molecule has 8 heteroatoms. The Morgan fingerprint density at radius 2 is 2.06 bits per heavy atom. The van der Waals surface area contributed by atoms with Crippen LogP contribution >= 0.6 is 23.1 Å². The normalized spacial score (nSPS) is 26.3. The van der Waals surface area contributed by atoms with Crippen LogP contribution in [0.3, 0.4) is 0 Å². The van der Waals surface area contributed by atoms with Crippen molar-refractivity contribution in [2.45, 2.75) is 81.1 Å². The third-order valence-corrected chi connectivity index (χ3v) is 10.1. The second-order valence-corrected chi connectivity index (χ2v) is 12.2. The fourth-order valence-corrected chi connectivity index (χ4v) is 7.57. The van der Waals surface area contributed by atoms with Crippen LogP contribution in [-0.2, 0) is 4.79 Å². The van der Waals surface area contributed by atoms with Gasteiger partial charge in [-0.05, 0) is 43.4 Å². The van der Waals surface area contributed by atoms with Crippen molar-refractivity contribution in [2.24, 2.45) is 23.2 Å². The summed E-state index contributed by atoms with van der Waals surface area (Å²) in [5.74, 6) is 0.590. The number of carboxylic acids is 1. The molecule has 3 atom stereocenters. The van der Waals surface area contributed by atoms with Crippen LogP contribution in [-0.4, -0.2) is 45.5 Å². The lowest BCUT2D eigenvalue weighted by Crippen LogP contribution is -2.41. The predicted molar refractivity (Wildman–Crippen MR) is 132 cm³/mol. The van der Waals surface area contributed by atoms with Crippen molar-refractivity contribution < 1.29 is 19.8 Å². The molecule has 1 saturated heterocycles. The number of aromatic carboxylic acids is 1. The van der Waals surface area contributed by atoms with E-state index in [9.17, 15) is 14.7 Å². The first-order valence-electron chi connectivity index (χ1n) is 12.4. The molecule has 0 unspecified atom stereocenters. The van der Waals surface area contributed by atoms with E-state index < -0.39 is 12.1 Å². The van der Waals surface area contributed by atoms with Crippen molar-refractivity contribution in [1.82, 2.24) is 10.3 Å². The van der Waals surface area contributed by atoms with Gasteiger partial charge in [0.1, 0.15) is 0 Å². The van der Waals surface area contributed by atoms with Gasteiger partial charge in [-0.15, -0.1) is 11.3 Å². The number of rotatable bonds is 11. The van der Waals surface area contributed by atoms with E-state index in [2.05, 4.69) is 16.4 Å². The van der Waals surface area contributed by atoms with E-state index in [1.165, 1.54) is 68.0 Å². The number of thiazole rings is 1. The van der Waals surface area contributed by atoms with Gasteiger partial charge in [-0.3, -0.25) is 4.79 Å². The largest absolute Gasteiger partial charge is 0.476 e. The Morgan fingerprint density at radius 3 is 2.73 bits per heavy atom. The molecule has 1 aromatic rings. The zero-order chi connectivity index (χ0) is 23.3. The summed E-state index contributed by atoms with van der Waals surface area (Å²) in [5.41, 5.74) is 0.117. The molecule has 1 aromatic heterocycles. The van der Waals surface area contributed by atoms with Gasteiger partial charge in [0.2, 0.25) is 5.91 Å². The average molecular weight is 493 g/mol. The van der Waals surface area contributed by atoms with Crippen LogP contribution in [0.1, 0.15) is 81.1 Å². The van der Waals surface area contributed by atoms with E-state index in [0.717, 1.165) is 29.5 Å². The number of carboxylic acid groups (broad SMARTS) is 1. The van der Waals surface area contributed by atoms with Gasteiger partial charge in [0.05, 0.1) is 6.10 Å². The van der Waals surface area contributed by atoms with Crippen LogP contribution in [0.4, 0.5) is 0 Å². The van der Waals surface area contributed by atoms with Crippen LogP contribution in [0.25, 0.3) is 0 Å². The lowest BCUT2D eigenvalue weighted by molar-refractivity contribution is -0.122. The number of nitrogens with zero attached hydrogens (tertiary/aromatic N) is 1. The van der Waals surface area contributed by atoms with Crippen LogP contribution in [0.2, 0.25) is 0 Å². The molecule has 3 fully saturated rings. The first-order chi connectivity index (χ1) is 16.0. The molecule has 3 N–H and O–H groups in total. The first-order valence-corrected chi connectivity index (χ1v) is 14.3. The molecule has 2 saturated carbocycles. The fourth-order valence-electron chi connectivity index (χ4n) is 5.67. The number of thioether (sulfide) groups is 1. The van der Waals surface area contributed by atoms with Gasteiger partial charge >= 0.3 is 5.97 Å². The van der Waals surface area contributed by atoms with Crippen LogP contribution in [0, 0.1) is 23.2 Å². The summed E-state index contributed by atoms with van der Waals surface area (Å²) < 4.78 is 0.721. The maximum absolute atomic E-state index is 12.4. The van der Waals surface area contributed by atoms with Crippen molar-refractivity contribution in [3.05, 3.63) is 23.2 Å². The molecule has 0 bridgehead atoms. The lowest BCUT2D eigenvalue weighted by Gasteiger charge is -2.46. The highest BCUT2D eigenvalue weighted by Crippen LogP contribution is 2.49. The molecule has 33 heavy (non-hydrogen) atoms. The summed E-state index contributed by atoms with van der Waals surface area (Å²) in [5, 5.41) is 24.6. The number of aromatic nitrogens is 1. The molecule has 0 spiro atoms. The Bertz CT molecular complexity index is 845. The van der Waals surface area contributed by atoms with Gasteiger partial charge in [-0.1, -0.05) is 62.4 Å². The monoisotopic (exact) mass is 492 g/mol. The minimum absolute atomic E-state index is 0.0437. The second kappa shape index (κ2) is 11.4. The van der Waals surface area contributed by atoms with E-state index >= 15 is 0 Å². The van der Waals surface area contributed by atoms with Crippen molar-refractivity contribution in [2.75, 3.05) is 12.3 Å². The van der Waals surface area contributed by atoms with Gasteiger partial charge < -0.3 is 15.5 Å². The molecule has 1 aliphatic heterocycles. The van der Waals surface area contributed by atoms with Gasteiger partial charge in [0.25, 0.3) is 0 Å². The third kappa shape index (κ3) is 6.20. The predicted octanol–water partition coefficient (Wildman–Crippen LogP) is 5.13. The molecule has 3 aliphatic rings. The van der Waals surface area contributed by atoms with Crippen LogP contribution in [0.15, 0.2) is 21.9 Å². The van der Waals surface area contributed by atoms with Gasteiger partial charge in [0, 0.05) is 29.5 Å². The molecule has 2 aliphatic carbocycles. The Balaban J connectivity index is 1.28. The average Bonchev–Trinajstić information content (AvgIpc) is 3.40. The van der Waals surface area contributed by atoms with E-state index in [-0.39, 0.29) is 28.9 Å². The van der Waals surface area contributed by atoms with Crippen molar-refractivity contribution in [3.8, 4) is 0 Å². The quantitative estimate of drug-likeness (QED) is 0.292. The SMILES string of the molecule is O=C(O)c1csc(SCC[C@@H]2C(=O)NC[C@H]2/C=C/[C@@H](O)C2(CCC3CCCCC3)CCC2)n1. The molecule has 4 rings (SSSR count). The zero-order valence-electron chi connectivity index (χ0n) is 19.2. The Labute approximate surface area is 204 Å². The highest BCUT2D eigenvalue weighted by molar-refractivity contribution is 8.01. The molecular formula is C25H36N2O4S2. The number of nitrogens with one attached hydrogen (secondary N) is 1.